The molecule has 2 N–H and O–H groups in total. The summed E-state index contributed by atoms with van der Waals surface area (Å²) in [4.78, 5) is 17.6. The predicted molar refractivity (Wildman–Crippen MR) is 92.4 cm³/mol. The van der Waals surface area contributed by atoms with E-state index in [0.717, 1.165) is 15.6 Å². The number of methoxy groups -OCH3 is 2. The Morgan fingerprint density at radius 1 is 1.32 bits per heavy atom. The zero-order chi connectivity index (χ0) is 17.6. The standard InChI is InChI=1S/C16H17N3O5S/c1-17-16-19-15-14(25-16)8(5-10(20)18-15)7-4-9(21-2)12-13(11(7)22-3)24-6-23-12/h4,8H,5-6H2,1-3H3,(H,17,19)(H,18,20). The Hall–Kier alpha value is -2.68. The lowest BCUT2D eigenvalue weighted by Crippen LogP contribution is -2.23. The van der Waals surface area contributed by atoms with Gasteiger partial charge in [-0.3, -0.25) is 4.79 Å². The van der Waals surface area contributed by atoms with E-state index in [-0.39, 0.29) is 25.0 Å². The summed E-state index contributed by atoms with van der Waals surface area (Å²) in [6, 6.07) is 1.85. The highest BCUT2D eigenvalue weighted by molar-refractivity contribution is 7.16. The Morgan fingerprint density at radius 3 is 2.84 bits per heavy atom. The van der Waals surface area contributed by atoms with Gasteiger partial charge in [-0.1, -0.05) is 11.3 Å². The minimum Gasteiger partial charge on any atom is -0.493 e. The van der Waals surface area contributed by atoms with Crippen LogP contribution in [0.3, 0.4) is 0 Å². The van der Waals surface area contributed by atoms with Crippen LogP contribution < -0.4 is 29.6 Å². The molecule has 25 heavy (non-hydrogen) atoms. The summed E-state index contributed by atoms with van der Waals surface area (Å²) in [5.74, 6) is 2.40. The van der Waals surface area contributed by atoms with Crippen molar-refractivity contribution in [3.8, 4) is 23.0 Å². The molecule has 0 spiro atoms. The van der Waals surface area contributed by atoms with Crippen molar-refractivity contribution >= 4 is 28.2 Å². The number of carbonyl (C=O) groups is 1. The van der Waals surface area contributed by atoms with Crippen molar-refractivity contribution in [2.24, 2.45) is 0 Å². The normalized spacial score (nSPS) is 17.7. The van der Waals surface area contributed by atoms with Gasteiger partial charge in [-0.25, -0.2) is 4.98 Å². The van der Waals surface area contributed by atoms with E-state index < -0.39 is 0 Å². The van der Waals surface area contributed by atoms with E-state index in [1.165, 1.54) is 11.3 Å². The zero-order valence-electron chi connectivity index (χ0n) is 14.0. The first-order valence-electron chi connectivity index (χ1n) is 7.69. The van der Waals surface area contributed by atoms with Gasteiger partial charge in [-0.2, -0.15) is 0 Å². The Balaban J connectivity index is 1.90. The molecule has 3 heterocycles. The van der Waals surface area contributed by atoms with Gasteiger partial charge >= 0.3 is 0 Å². The number of amides is 1. The van der Waals surface area contributed by atoms with Crippen LogP contribution in [0, 0.1) is 0 Å². The average molecular weight is 363 g/mol. The van der Waals surface area contributed by atoms with Crippen LogP contribution in [0.2, 0.25) is 0 Å². The average Bonchev–Trinajstić information content (AvgIpc) is 3.26. The van der Waals surface area contributed by atoms with E-state index >= 15 is 0 Å². The molecule has 2 aliphatic heterocycles. The first kappa shape index (κ1) is 15.8. The number of nitrogens with zero attached hydrogens (tertiary/aromatic N) is 1. The summed E-state index contributed by atoms with van der Waals surface area (Å²) in [5, 5.41) is 6.58. The van der Waals surface area contributed by atoms with Crippen LogP contribution in [-0.4, -0.2) is 39.0 Å². The number of thiazole rings is 1. The lowest BCUT2D eigenvalue weighted by molar-refractivity contribution is -0.116. The monoisotopic (exact) mass is 363 g/mol. The smallest absolute Gasteiger partial charge is 0.231 e. The van der Waals surface area contributed by atoms with Crippen LogP contribution in [0.1, 0.15) is 22.8 Å². The number of aromatic nitrogens is 1. The minimum absolute atomic E-state index is 0.0934. The van der Waals surface area contributed by atoms with E-state index in [2.05, 4.69) is 15.6 Å². The van der Waals surface area contributed by atoms with Crippen LogP contribution in [0.25, 0.3) is 0 Å². The van der Waals surface area contributed by atoms with E-state index in [4.69, 9.17) is 18.9 Å². The molecule has 1 unspecified atom stereocenters. The van der Waals surface area contributed by atoms with Crippen LogP contribution in [-0.2, 0) is 4.79 Å². The molecule has 1 atom stereocenters. The largest absolute Gasteiger partial charge is 0.493 e. The molecule has 0 fully saturated rings. The molecule has 0 saturated heterocycles. The minimum atomic E-state index is -0.207. The first-order valence-corrected chi connectivity index (χ1v) is 8.50. The van der Waals surface area contributed by atoms with E-state index in [1.54, 1.807) is 21.3 Å². The molecular formula is C16H17N3O5S. The number of fused-ring (bicyclic) bond motifs is 2. The molecule has 8 nitrogen and oxygen atoms in total. The van der Waals surface area contributed by atoms with Crippen LogP contribution in [0.4, 0.5) is 10.9 Å². The Bertz CT molecular complexity index is 851. The summed E-state index contributed by atoms with van der Waals surface area (Å²) in [6.07, 6.45) is 0.289. The fourth-order valence-corrected chi connectivity index (χ4v) is 4.12. The fraction of sp³-hybridized carbons (Fsp3) is 0.375. The van der Waals surface area contributed by atoms with E-state index in [1.807, 2.05) is 6.07 Å². The number of benzene rings is 1. The number of rotatable bonds is 4. The molecule has 2 aliphatic rings. The fourth-order valence-electron chi connectivity index (χ4n) is 3.13. The third-order valence-electron chi connectivity index (χ3n) is 4.22. The van der Waals surface area contributed by atoms with E-state index in [0.29, 0.717) is 28.8 Å². The van der Waals surface area contributed by atoms with Gasteiger partial charge in [-0.05, 0) is 6.07 Å². The van der Waals surface area contributed by atoms with Crippen molar-refractivity contribution < 1.29 is 23.7 Å². The molecule has 1 aromatic heterocycles. The van der Waals surface area contributed by atoms with Gasteiger partial charge in [0.15, 0.2) is 16.6 Å². The van der Waals surface area contributed by atoms with Gasteiger partial charge < -0.3 is 29.6 Å². The van der Waals surface area contributed by atoms with Gasteiger partial charge in [0.05, 0.1) is 19.1 Å². The SMILES string of the molecule is CNc1nc2c(s1)C(c1cc(OC)c3c(c1OC)OCO3)CC(=O)N2. The lowest BCUT2D eigenvalue weighted by Gasteiger charge is -2.24. The molecule has 2 aromatic rings. The molecule has 132 valence electrons. The summed E-state index contributed by atoms with van der Waals surface area (Å²) in [5.41, 5.74) is 0.811. The lowest BCUT2D eigenvalue weighted by atomic mass is 9.90. The summed E-state index contributed by atoms with van der Waals surface area (Å²) < 4.78 is 22.1. The van der Waals surface area contributed by atoms with Gasteiger partial charge in [0.2, 0.25) is 24.2 Å². The van der Waals surface area contributed by atoms with Gasteiger partial charge in [-0.15, -0.1) is 0 Å². The number of hydrogen-bond acceptors (Lipinski definition) is 8. The van der Waals surface area contributed by atoms with Crippen molar-refractivity contribution in [2.45, 2.75) is 12.3 Å². The van der Waals surface area contributed by atoms with Crippen molar-refractivity contribution in [1.82, 2.24) is 4.98 Å². The second-order valence-electron chi connectivity index (χ2n) is 5.55. The van der Waals surface area contributed by atoms with Gasteiger partial charge in [0.1, 0.15) is 5.82 Å². The molecule has 0 radical (unpaired) electrons. The number of anilines is 2. The highest BCUT2D eigenvalue weighted by Gasteiger charge is 2.36. The van der Waals surface area contributed by atoms with Crippen LogP contribution in [0.5, 0.6) is 23.0 Å². The molecular weight excluding hydrogens is 346 g/mol. The molecule has 0 bridgehead atoms. The van der Waals surface area contributed by atoms with E-state index in [9.17, 15) is 4.79 Å². The third kappa shape index (κ3) is 2.42. The second kappa shape index (κ2) is 5.99. The molecule has 0 saturated carbocycles. The van der Waals surface area contributed by atoms with Crippen molar-refractivity contribution in [3.05, 3.63) is 16.5 Å². The highest BCUT2D eigenvalue weighted by Crippen LogP contribution is 2.54. The van der Waals surface area contributed by atoms with Gasteiger partial charge in [0, 0.05) is 24.9 Å². The molecule has 9 heteroatoms. The molecule has 1 aromatic carbocycles. The summed E-state index contributed by atoms with van der Waals surface area (Å²) in [7, 11) is 4.94. The summed E-state index contributed by atoms with van der Waals surface area (Å²) in [6.45, 7) is 0.104. The maximum absolute atomic E-state index is 12.2. The maximum atomic E-state index is 12.2. The van der Waals surface area contributed by atoms with Crippen molar-refractivity contribution in [3.63, 3.8) is 0 Å². The van der Waals surface area contributed by atoms with Crippen molar-refractivity contribution in [2.75, 3.05) is 38.7 Å². The summed E-state index contributed by atoms with van der Waals surface area (Å²) >= 11 is 1.50. The van der Waals surface area contributed by atoms with Crippen LogP contribution in [0.15, 0.2) is 6.07 Å². The molecule has 0 aliphatic carbocycles. The number of nitrogens with one attached hydrogen (secondary N) is 2. The topological polar surface area (TPSA) is 90.9 Å². The Kier molecular flexibility index (Phi) is 3.79. The maximum Gasteiger partial charge on any atom is 0.231 e. The number of ether oxygens (including phenoxy) is 4. The molecule has 4 rings (SSSR count). The number of carbonyl (C=O) groups excluding carboxylic acids is 1. The highest BCUT2D eigenvalue weighted by atomic mass is 32.1. The Labute approximate surface area is 148 Å². The quantitative estimate of drug-likeness (QED) is 0.862. The number of hydrogen-bond donors (Lipinski definition) is 2. The Morgan fingerprint density at radius 2 is 2.12 bits per heavy atom. The van der Waals surface area contributed by atoms with Crippen molar-refractivity contribution in [1.29, 1.82) is 0 Å². The van der Waals surface area contributed by atoms with Gasteiger partial charge in [0.25, 0.3) is 0 Å². The van der Waals surface area contributed by atoms with Crippen LogP contribution >= 0.6 is 11.3 Å². The first-order chi connectivity index (χ1) is 12.2. The molecule has 1 amide bonds. The second-order valence-corrected chi connectivity index (χ2v) is 6.58. The third-order valence-corrected chi connectivity index (χ3v) is 5.41. The zero-order valence-corrected chi connectivity index (χ0v) is 14.8. The predicted octanol–water partition coefficient (Wildman–Crippen LogP) is 2.40.